The van der Waals surface area contributed by atoms with Crippen molar-refractivity contribution in [2.24, 2.45) is 5.92 Å². The van der Waals surface area contributed by atoms with Gasteiger partial charge in [0.1, 0.15) is 0 Å². The van der Waals surface area contributed by atoms with Crippen LogP contribution in [-0.4, -0.2) is 17.4 Å². The second-order valence-electron chi connectivity index (χ2n) is 4.97. The van der Waals surface area contributed by atoms with Gasteiger partial charge in [-0.2, -0.15) is 0 Å². The number of carbonyl (C=O) groups is 1. The van der Waals surface area contributed by atoms with E-state index in [4.69, 9.17) is 0 Å². The summed E-state index contributed by atoms with van der Waals surface area (Å²) in [6.07, 6.45) is 3.08. The second kappa shape index (κ2) is 5.35. The minimum atomic E-state index is 0.172. The van der Waals surface area contributed by atoms with Gasteiger partial charge in [0, 0.05) is 19.0 Å². The lowest BCUT2D eigenvalue weighted by Gasteiger charge is -2.30. The van der Waals surface area contributed by atoms with E-state index in [0.717, 1.165) is 32.4 Å². The molecule has 0 radical (unpaired) electrons. The first kappa shape index (κ1) is 12.2. The molecule has 0 spiro atoms. The fraction of sp³-hybridized carbons (Fsp3) is 0.533. The molecule has 1 aliphatic heterocycles. The molecule has 0 N–H and O–H groups in total. The van der Waals surface area contributed by atoms with E-state index in [-0.39, 0.29) is 5.92 Å². The summed E-state index contributed by atoms with van der Waals surface area (Å²) in [4.78, 5) is 14.2. The molecular formula is C15H21NO. The third kappa shape index (κ3) is 2.68. The van der Waals surface area contributed by atoms with Crippen LogP contribution in [-0.2, 0) is 17.8 Å². The Bertz CT molecular complexity index is 400. The highest BCUT2D eigenvalue weighted by atomic mass is 16.2. The minimum Gasteiger partial charge on any atom is -0.338 e. The lowest BCUT2D eigenvalue weighted by Crippen LogP contribution is -2.39. The zero-order valence-corrected chi connectivity index (χ0v) is 10.8. The second-order valence-corrected chi connectivity index (χ2v) is 4.97. The molecule has 92 valence electrons. The van der Waals surface area contributed by atoms with Crippen molar-refractivity contribution in [2.75, 3.05) is 6.54 Å². The van der Waals surface area contributed by atoms with Crippen LogP contribution in [0.25, 0.3) is 0 Å². The first-order chi connectivity index (χ1) is 8.22. The number of nitrogens with zero attached hydrogens (tertiary/aromatic N) is 1. The fourth-order valence-corrected chi connectivity index (χ4v) is 2.55. The van der Waals surface area contributed by atoms with Crippen LogP contribution in [0, 0.1) is 5.92 Å². The molecule has 0 saturated carbocycles. The predicted octanol–water partition coefficient (Wildman–Crippen LogP) is 3.01. The lowest BCUT2D eigenvalue weighted by molar-refractivity contribution is -0.136. The molecule has 1 unspecified atom stereocenters. The maximum Gasteiger partial charge on any atom is 0.225 e. The Morgan fingerprint density at radius 3 is 2.76 bits per heavy atom. The zero-order valence-electron chi connectivity index (χ0n) is 10.8. The summed E-state index contributed by atoms with van der Waals surface area (Å²) in [6.45, 7) is 5.86. The zero-order chi connectivity index (χ0) is 12.3. The van der Waals surface area contributed by atoms with Gasteiger partial charge in [-0.15, -0.1) is 0 Å². The molecule has 0 bridgehead atoms. The molecule has 1 aromatic carbocycles. The van der Waals surface area contributed by atoms with Gasteiger partial charge >= 0.3 is 0 Å². The van der Waals surface area contributed by atoms with Gasteiger partial charge in [0.25, 0.3) is 0 Å². The van der Waals surface area contributed by atoms with Gasteiger partial charge in [0.2, 0.25) is 5.91 Å². The van der Waals surface area contributed by atoms with E-state index in [0.29, 0.717) is 5.91 Å². The molecule has 0 aromatic heterocycles. The van der Waals surface area contributed by atoms with Crippen LogP contribution >= 0.6 is 0 Å². The number of fused-ring (bicyclic) bond motifs is 1. The summed E-state index contributed by atoms with van der Waals surface area (Å²) in [5, 5.41) is 0. The number of hydrogen-bond donors (Lipinski definition) is 0. The van der Waals surface area contributed by atoms with Crippen molar-refractivity contribution >= 4 is 5.91 Å². The normalized spacial score (nSPS) is 16.5. The molecule has 1 atom stereocenters. The van der Waals surface area contributed by atoms with Crippen molar-refractivity contribution in [3.63, 3.8) is 0 Å². The molecule has 0 saturated heterocycles. The van der Waals surface area contributed by atoms with E-state index < -0.39 is 0 Å². The van der Waals surface area contributed by atoms with Crippen LogP contribution in [0.5, 0.6) is 0 Å². The maximum absolute atomic E-state index is 12.2. The fourth-order valence-electron chi connectivity index (χ4n) is 2.55. The van der Waals surface area contributed by atoms with Crippen molar-refractivity contribution in [1.82, 2.24) is 4.90 Å². The first-order valence-corrected chi connectivity index (χ1v) is 6.58. The standard InChI is InChI=1S/C15H21NO/c1-3-6-12(2)15(17)16-10-9-13-7-4-5-8-14(13)11-16/h4-5,7-8,12H,3,6,9-11H2,1-2H3. The molecule has 0 fully saturated rings. The Hall–Kier alpha value is -1.31. The van der Waals surface area contributed by atoms with Crippen LogP contribution in [0.4, 0.5) is 0 Å². The number of hydrogen-bond acceptors (Lipinski definition) is 1. The van der Waals surface area contributed by atoms with Gasteiger partial charge in [-0.1, -0.05) is 44.5 Å². The van der Waals surface area contributed by atoms with Crippen molar-refractivity contribution in [3.8, 4) is 0 Å². The molecule has 1 heterocycles. The summed E-state index contributed by atoms with van der Waals surface area (Å²) < 4.78 is 0. The Balaban J connectivity index is 2.05. The van der Waals surface area contributed by atoms with Crippen molar-refractivity contribution in [1.29, 1.82) is 0 Å². The number of carbonyl (C=O) groups excluding carboxylic acids is 1. The van der Waals surface area contributed by atoms with Gasteiger partial charge < -0.3 is 4.90 Å². The Morgan fingerprint density at radius 2 is 2.06 bits per heavy atom. The van der Waals surface area contributed by atoms with Crippen LogP contribution < -0.4 is 0 Å². The van der Waals surface area contributed by atoms with Gasteiger partial charge in [-0.05, 0) is 24.0 Å². The molecule has 17 heavy (non-hydrogen) atoms. The lowest BCUT2D eigenvalue weighted by atomic mass is 9.97. The largest absolute Gasteiger partial charge is 0.338 e. The van der Waals surface area contributed by atoms with E-state index in [9.17, 15) is 4.79 Å². The van der Waals surface area contributed by atoms with Crippen molar-refractivity contribution < 1.29 is 4.79 Å². The highest BCUT2D eigenvalue weighted by Crippen LogP contribution is 2.21. The van der Waals surface area contributed by atoms with Crippen LogP contribution in [0.3, 0.4) is 0 Å². The topological polar surface area (TPSA) is 20.3 Å². The summed E-state index contributed by atoms with van der Waals surface area (Å²) >= 11 is 0. The van der Waals surface area contributed by atoms with Crippen LogP contribution in [0.15, 0.2) is 24.3 Å². The third-order valence-electron chi connectivity index (χ3n) is 3.59. The Morgan fingerprint density at radius 1 is 1.35 bits per heavy atom. The van der Waals surface area contributed by atoms with Crippen molar-refractivity contribution in [2.45, 2.75) is 39.7 Å². The van der Waals surface area contributed by atoms with E-state index in [1.807, 2.05) is 11.8 Å². The van der Waals surface area contributed by atoms with Crippen LogP contribution in [0.1, 0.15) is 37.8 Å². The first-order valence-electron chi connectivity index (χ1n) is 6.58. The monoisotopic (exact) mass is 231 g/mol. The van der Waals surface area contributed by atoms with Gasteiger partial charge in [-0.3, -0.25) is 4.79 Å². The van der Waals surface area contributed by atoms with E-state index in [2.05, 4.69) is 31.2 Å². The van der Waals surface area contributed by atoms with Gasteiger partial charge in [-0.25, -0.2) is 0 Å². The number of amides is 1. The minimum absolute atomic E-state index is 0.172. The Labute approximate surface area is 104 Å². The SMILES string of the molecule is CCCC(C)C(=O)N1CCc2ccccc2C1. The Kier molecular flexibility index (Phi) is 3.82. The summed E-state index contributed by atoms with van der Waals surface area (Å²) in [5.74, 6) is 0.492. The molecule has 1 aliphatic rings. The van der Waals surface area contributed by atoms with E-state index in [1.54, 1.807) is 0 Å². The smallest absolute Gasteiger partial charge is 0.225 e. The number of benzene rings is 1. The van der Waals surface area contributed by atoms with Gasteiger partial charge in [0.05, 0.1) is 0 Å². The highest BCUT2D eigenvalue weighted by molar-refractivity contribution is 5.78. The van der Waals surface area contributed by atoms with Gasteiger partial charge in [0.15, 0.2) is 0 Å². The summed E-state index contributed by atoms with van der Waals surface area (Å²) in [6, 6.07) is 8.45. The highest BCUT2D eigenvalue weighted by Gasteiger charge is 2.23. The molecular weight excluding hydrogens is 210 g/mol. The predicted molar refractivity (Wildman–Crippen MR) is 69.6 cm³/mol. The molecule has 0 aliphatic carbocycles. The summed E-state index contributed by atoms with van der Waals surface area (Å²) in [5.41, 5.74) is 2.72. The van der Waals surface area contributed by atoms with Crippen molar-refractivity contribution in [3.05, 3.63) is 35.4 Å². The average molecular weight is 231 g/mol. The summed E-state index contributed by atoms with van der Waals surface area (Å²) in [7, 11) is 0. The van der Waals surface area contributed by atoms with E-state index in [1.165, 1.54) is 11.1 Å². The molecule has 2 heteroatoms. The molecule has 1 amide bonds. The molecule has 2 rings (SSSR count). The van der Waals surface area contributed by atoms with E-state index >= 15 is 0 Å². The third-order valence-corrected chi connectivity index (χ3v) is 3.59. The molecule has 2 nitrogen and oxygen atoms in total. The van der Waals surface area contributed by atoms with Crippen LogP contribution in [0.2, 0.25) is 0 Å². The number of rotatable bonds is 3. The average Bonchev–Trinajstić information content (AvgIpc) is 2.37. The quantitative estimate of drug-likeness (QED) is 0.783. The maximum atomic E-state index is 12.2. The molecule has 1 aromatic rings.